The van der Waals surface area contributed by atoms with Crippen molar-refractivity contribution in [1.82, 2.24) is 0 Å². The lowest BCUT2D eigenvalue weighted by molar-refractivity contribution is -0.151. The smallest absolute Gasteiger partial charge is 0.303 e. The zero-order valence-electron chi connectivity index (χ0n) is 11.0. The molecule has 17 heavy (non-hydrogen) atoms. The van der Waals surface area contributed by atoms with E-state index in [1.807, 2.05) is 0 Å². The van der Waals surface area contributed by atoms with E-state index in [1.165, 1.54) is 32.6 Å². The second-order valence-corrected chi connectivity index (χ2v) is 6.51. The third-order valence-corrected chi connectivity index (χ3v) is 5.89. The number of esters is 1. The lowest BCUT2D eigenvalue weighted by Crippen LogP contribution is -2.41. The van der Waals surface area contributed by atoms with Gasteiger partial charge in [0.05, 0.1) is 0 Å². The summed E-state index contributed by atoms with van der Waals surface area (Å²) in [5.74, 6) is 1.49. The molecule has 0 aliphatic heterocycles. The molecule has 0 saturated heterocycles. The molecule has 5 atom stereocenters. The molecular weight excluding hydrogens is 212 g/mol. The second kappa shape index (κ2) is 3.37. The lowest BCUT2D eigenvalue weighted by Gasteiger charge is -2.41. The Labute approximate surface area is 103 Å². The minimum atomic E-state index is -0.146. The summed E-state index contributed by atoms with van der Waals surface area (Å²) in [5, 5.41) is 0. The maximum Gasteiger partial charge on any atom is 0.303 e. The highest BCUT2D eigenvalue weighted by atomic mass is 16.5. The van der Waals surface area contributed by atoms with Gasteiger partial charge in [0.15, 0.2) is 0 Å². The fourth-order valence-electron chi connectivity index (χ4n) is 4.92. The van der Waals surface area contributed by atoms with Crippen molar-refractivity contribution in [2.45, 2.75) is 52.6 Å². The second-order valence-electron chi connectivity index (χ2n) is 6.51. The van der Waals surface area contributed by atoms with Crippen molar-refractivity contribution in [2.24, 2.45) is 22.7 Å². The molecule has 2 saturated carbocycles. The third kappa shape index (κ3) is 1.24. The van der Waals surface area contributed by atoms with Gasteiger partial charge in [0.1, 0.15) is 6.10 Å². The largest absolute Gasteiger partial charge is 0.458 e. The molecule has 0 aromatic carbocycles. The van der Waals surface area contributed by atoms with Crippen LogP contribution in [-0.4, -0.2) is 12.1 Å². The first-order valence-electron chi connectivity index (χ1n) is 6.86. The van der Waals surface area contributed by atoms with Gasteiger partial charge in [0, 0.05) is 17.8 Å². The van der Waals surface area contributed by atoms with E-state index in [0.29, 0.717) is 5.41 Å². The molecule has 94 valence electrons. The summed E-state index contributed by atoms with van der Waals surface area (Å²) >= 11 is 0. The first kappa shape index (κ1) is 11.3. The highest BCUT2D eigenvalue weighted by Gasteiger charge is 2.65. The molecule has 1 spiro atoms. The van der Waals surface area contributed by atoms with E-state index < -0.39 is 0 Å². The van der Waals surface area contributed by atoms with Gasteiger partial charge in [-0.05, 0) is 43.6 Å². The SMILES string of the molecule is CC(=O)O[C@H]1C=C[C@@]23CC[C@@H](C)[C@@H]2CC[C@@]13C. The number of ether oxygens (including phenoxy) is 1. The Morgan fingerprint density at radius 2 is 2.12 bits per heavy atom. The van der Waals surface area contributed by atoms with Crippen LogP contribution in [0.5, 0.6) is 0 Å². The van der Waals surface area contributed by atoms with E-state index in [-0.39, 0.29) is 17.5 Å². The Kier molecular flexibility index (Phi) is 2.24. The zero-order chi connectivity index (χ0) is 12.3. The Morgan fingerprint density at radius 1 is 1.35 bits per heavy atom. The quantitative estimate of drug-likeness (QED) is 0.514. The van der Waals surface area contributed by atoms with Crippen LogP contribution < -0.4 is 0 Å². The summed E-state index contributed by atoms with van der Waals surface area (Å²) < 4.78 is 5.54. The molecule has 2 heteroatoms. The Morgan fingerprint density at radius 3 is 2.82 bits per heavy atom. The summed E-state index contributed by atoms with van der Waals surface area (Å²) in [4.78, 5) is 11.2. The van der Waals surface area contributed by atoms with Gasteiger partial charge in [0.25, 0.3) is 0 Å². The number of allylic oxidation sites excluding steroid dienone is 1. The topological polar surface area (TPSA) is 26.3 Å². The fraction of sp³-hybridized carbons (Fsp3) is 0.800. The number of hydrogen-bond donors (Lipinski definition) is 0. The molecule has 2 nitrogen and oxygen atoms in total. The van der Waals surface area contributed by atoms with E-state index in [9.17, 15) is 4.79 Å². The predicted molar refractivity (Wildman–Crippen MR) is 66.4 cm³/mol. The molecular formula is C15H22O2. The summed E-state index contributed by atoms with van der Waals surface area (Å²) in [6, 6.07) is 0. The van der Waals surface area contributed by atoms with Crippen molar-refractivity contribution in [3.05, 3.63) is 12.2 Å². The van der Waals surface area contributed by atoms with Crippen molar-refractivity contribution in [2.75, 3.05) is 0 Å². The highest BCUT2D eigenvalue weighted by Crippen LogP contribution is 2.70. The van der Waals surface area contributed by atoms with Gasteiger partial charge in [-0.15, -0.1) is 0 Å². The number of hydrogen-bond acceptors (Lipinski definition) is 2. The molecule has 0 aromatic heterocycles. The summed E-state index contributed by atoms with van der Waals surface area (Å²) in [7, 11) is 0. The van der Waals surface area contributed by atoms with Gasteiger partial charge in [-0.25, -0.2) is 0 Å². The van der Waals surface area contributed by atoms with Crippen LogP contribution in [0, 0.1) is 22.7 Å². The average Bonchev–Trinajstić information content (AvgIpc) is 2.80. The molecule has 0 aromatic rings. The van der Waals surface area contributed by atoms with Crippen molar-refractivity contribution in [3.63, 3.8) is 0 Å². The minimum absolute atomic E-state index is 0.00954. The van der Waals surface area contributed by atoms with Crippen LogP contribution in [0.3, 0.4) is 0 Å². The molecule has 0 amide bonds. The van der Waals surface area contributed by atoms with E-state index in [2.05, 4.69) is 26.0 Å². The maximum atomic E-state index is 11.2. The van der Waals surface area contributed by atoms with Gasteiger partial charge in [-0.1, -0.05) is 19.9 Å². The van der Waals surface area contributed by atoms with Crippen LogP contribution in [0.4, 0.5) is 0 Å². The Balaban J connectivity index is 1.94. The normalized spacial score (nSPS) is 51.4. The zero-order valence-corrected chi connectivity index (χ0v) is 11.0. The summed E-state index contributed by atoms with van der Waals surface area (Å²) in [5.41, 5.74) is 0.487. The number of carbonyl (C=O) groups excluding carboxylic acids is 1. The van der Waals surface area contributed by atoms with Crippen LogP contribution in [0.1, 0.15) is 46.5 Å². The first-order valence-corrected chi connectivity index (χ1v) is 6.86. The minimum Gasteiger partial charge on any atom is -0.458 e. The lowest BCUT2D eigenvalue weighted by atomic mass is 9.65. The van der Waals surface area contributed by atoms with E-state index >= 15 is 0 Å². The molecule has 0 radical (unpaired) electrons. The van der Waals surface area contributed by atoms with Gasteiger partial charge in [0.2, 0.25) is 0 Å². The van der Waals surface area contributed by atoms with Crippen LogP contribution in [-0.2, 0) is 9.53 Å². The van der Waals surface area contributed by atoms with E-state index in [1.54, 1.807) is 0 Å². The van der Waals surface area contributed by atoms with Crippen molar-refractivity contribution >= 4 is 5.97 Å². The van der Waals surface area contributed by atoms with Crippen LogP contribution >= 0.6 is 0 Å². The van der Waals surface area contributed by atoms with Crippen LogP contribution in [0.25, 0.3) is 0 Å². The highest BCUT2D eigenvalue weighted by molar-refractivity contribution is 5.66. The molecule has 0 unspecified atom stereocenters. The summed E-state index contributed by atoms with van der Waals surface area (Å²) in [6.07, 6.45) is 9.68. The average molecular weight is 234 g/mol. The Bertz CT molecular complexity index is 386. The molecule has 3 aliphatic rings. The van der Waals surface area contributed by atoms with Gasteiger partial charge < -0.3 is 4.74 Å². The molecule has 3 rings (SSSR count). The van der Waals surface area contributed by atoms with Gasteiger partial charge in [-0.2, -0.15) is 0 Å². The monoisotopic (exact) mass is 234 g/mol. The predicted octanol–water partition coefficient (Wildman–Crippen LogP) is 3.32. The molecule has 0 N–H and O–H groups in total. The van der Waals surface area contributed by atoms with Crippen LogP contribution in [0.15, 0.2) is 12.2 Å². The van der Waals surface area contributed by atoms with Crippen molar-refractivity contribution < 1.29 is 9.53 Å². The van der Waals surface area contributed by atoms with E-state index in [0.717, 1.165) is 11.8 Å². The Hall–Kier alpha value is -0.790. The molecule has 3 aliphatic carbocycles. The maximum absolute atomic E-state index is 11.2. The molecule has 2 fully saturated rings. The fourth-order valence-corrected chi connectivity index (χ4v) is 4.92. The van der Waals surface area contributed by atoms with Crippen LogP contribution in [0.2, 0.25) is 0 Å². The first-order chi connectivity index (χ1) is 7.99. The molecule has 0 bridgehead atoms. The van der Waals surface area contributed by atoms with Crippen molar-refractivity contribution in [1.29, 1.82) is 0 Å². The standard InChI is InChI=1S/C15H22O2/c1-10-4-8-15-9-6-13(17-11(2)16)14(15,3)7-5-12(10)15/h6,9-10,12-13H,4-5,7-8H2,1-3H3/t10-,12+,13+,14+,15+/m1/s1. The number of rotatable bonds is 1. The number of carbonyl (C=O) groups is 1. The summed E-state index contributed by atoms with van der Waals surface area (Å²) in [6.45, 7) is 6.24. The van der Waals surface area contributed by atoms with Gasteiger partial charge >= 0.3 is 5.97 Å². The third-order valence-electron chi connectivity index (χ3n) is 5.89. The van der Waals surface area contributed by atoms with Gasteiger partial charge in [-0.3, -0.25) is 4.79 Å². The molecule has 0 heterocycles. The van der Waals surface area contributed by atoms with Crippen molar-refractivity contribution in [3.8, 4) is 0 Å². The van der Waals surface area contributed by atoms with E-state index in [4.69, 9.17) is 4.74 Å².